The molecule has 0 saturated heterocycles. The molecule has 0 spiro atoms. The average molecular weight is 289 g/mol. The molecule has 0 aliphatic heterocycles. The number of rotatable bonds is 3. The van der Waals surface area contributed by atoms with Crippen molar-refractivity contribution in [2.24, 2.45) is 5.92 Å². The normalized spacial score (nSPS) is 22.9. The largest absolute Gasteiger partial charge is 0.424 e. The highest BCUT2D eigenvalue weighted by Crippen LogP contribution is 2.27. The van der Waals surface area contributed by atoms with Gasteiger partial charge in [0.25, 0.3) is 11.7 Å². The Kier molecular flexibility index (Phi) is 3.77. The van der Waals surface area contributed by atoms with Crippen LogP contribution in [-0.2, 0) is 0 Å². The SMILES string of the molecule is CC1CCCC(Nc2nc3cc([N+](=O)[O-])ccc3o2)CC1. The van der Waals surface area contributed by atoms with E-state index < -0.39 is 4.92 Å². The molecule has 2 atom stereocenters. The summed E-state index contributed by atoms with van der Waals surface area (Å²) in [5.74, 6) is 0.781. The first-order chi connectivity index (χ1) is 10.1. The molecule has 2 aromatic rings. The van der Waals surface area contributed by atoms with Crippen LogP contribution < -0.4 is 5.32 Å². The second-order valence-corrected chi connectivity index (χ2v) is 5.88. The number of nitrogens with zero attached hydrogens (tertiary/aromatic N) is 2. The minimum atomic E-state index is -0.423. The number of hydrogen-bond donors (Lipinski definition) is 1. The number of hydrogen-bond acceptors (Lipinski definition) is 5. The Morgan fingerprint density at radius 2 is 2.19 bits per heavy atom. The second kappa shape index (κ2) is 5.71. The van der Waals surface area contributed by atoms with Gasteiger partial charge in [-0.3, -0.25) is 10.1 Å². The quantitative estimate of drug-likeness (QED) is 0.522. The van der Waals surface area contributed by atoms with Crippen LogP contribution in [0.25, 0.3) is 11.1 Å². The van der Waals surface area contributed by atoms with Crippen LogP contribution in [0.2, 0.25) is 0 Å². The zero-order valence-corrected chi connectivity index (χ0v) is 12.0. The molecule has 2 unspecified atom stereocenters. The zero-order valence-electron chi connectivity index (χ0n) is 12.0. The number of aromatic nitrogens is 1. The van der Waals surface area contributed by atoms with E-state index in [0.29, 0.717) is 23.2 Å². The molecule has 1 aromatic carbocycles. The molecule has 0 bridgehead atoms. The summed E-state index contributed by atoms with van der Waals surface area (Å²) in [4.78, 5) is 14.7. The van der Waals surface area contributed by atoms with Gasteiger partial charge in [0.2, 0.25) is 0 Å². The van der Waals surface area contributed by atoms with Gasteiger partial charge >= 0.3 is 0 Å². The van der Waals surface area contributed by atoms with E-state index in [4.69, 9.17) is 4.42 Å². The van der Waals surface area contributed by atoms with Gasteiger partial charge in [0.15, 0.2) is 5.58 Å². The van der Waals surface area contributed by atoms with Gasteiger partial charge in [-0.1, -0.05) is 19.8 Å². The van der Waals surface area contributed by atoms with Crippen molar-refractivity contribution in [1.29, 1.82) is 0 Å². The maximum Gasteiger partial charge on any atom is 0.295 e. The minimum Gasteiger partial charge on any atom is -0.424 e. The van der Waals surface area contributed by atoms with Crippen LogP contribution in [-0.4, -0.2) is 15.9 Å². The third-order valence-electron chi connectivity index (χ3n) is 4.17. The number of nitro benzene ring substituents is 1. The number of fused-ring (bicyclic) bond motifs is 1. The van der Waals surface area contributed by atoms with Gasteiger partial charge in [-0.15, -0.1) is 0 Å². The fourth-order valence-electron chi connectivity index (χ4n) is 2.90. The predicted molar refractivity (Wildman–Crippen MR) is 80.3 cm³/mol. The van der Waals surface area contributed by atoms with Crippen molar-refractivity contribution in [3.63, 3.8) is 0 Å². The lowest BCUT2D eigenvalue weighted by Gasteiger charge is -2.14. The van der Waals surface area contributed by atoms with Crippen LogP contribution in [0.4, 0.5) is 11.7 Å². The fraction of sp³-hybridized carbons (Fsp3) is 0.533. The number of benzene rings is 1. The van der Waals surface area contributed by atoms with E-state index in [-0.39, 0.29) is 5.69 Å². The topological polar surface area (TPSA) is 81.2 Å². The van der Waals surface area contributed by atoms with Crippen molar-refractivity contribution in [2.75, 3.05) is 5.32 Å². The van der Waals surface area contributed by atoms with Crippen molar-refractivity contribution in [1.82, 2.24) is 4.98 Å². The Morgan fingerprint density at radius 3 is 3.00 bits per heavy atom. The van der Waals surface area contributed by atoms with Gasteiger partial charge in [-0.05, 0) is 31.2 Å². The summed E-state index contributed by atoms with van der Waals surface area (Å²) in [5, 5.41) is 14.1. The van der Waals surface area contributed by atoms with Gasteiger partial charge in [-0.25, -0.2) is 0 Å². The number of oxazole rings is 1. The molecule has 6 heteroatoms. The van der Waals surface area contributed by atoms with Crippen LogP contribution in [0.3, 0.4) is 0 Å². The molecule has 1 heterocycles. The molecule has 0 radical (unpaired) electrons. The van der Waals surface area contributed by atoms with Crippen molar-refractivity contribution in [3.05, 3.63) is 28.3 Å². The lowest BCUT2D eigenvalue weighted by Crippen LogP contribution is -2.18. The van der Waals surface area contributed by atoms with Gasteiger partial charge in [0, 0.05) is 18.2 Å². The van der Waals surface area contributed by atoms with Crippen LogP contribution in [0.1, 0.15) is 39.0 Å². The molecule has 3 rings (SSSR count). The molecule has 1 fully saturated rings. The summed E-state index contributed by atoms with van der Waals surface area (Å²) in [6.45, 7) is 2.29. The average Bonchev–Trinajstić information content (AvgIpc) is 2.74. The van der Waals surface area contributed by atoms with Crippen molar-refractivity contribution >= 4 is 22.8 Å². The van der Waals surface area contributed by atoms with E-state index in [1.807, 2.05) is 0 Å². The van der Waals surface area contributed by atoms with Gasteiger partial charge in [-0.2, -0.15) is 4.98 Å². The lowest BCUT2D eigenvalue weighted by molar-refractivity contribution is -0.384. The highest BCUT2D eigenvalue weighted by molar-refractivity contribution is 5.77. The third-order valence-corrected chi connectivity index (χ3v) is 4.17. The summed E-state index contributed by atoms with van der Waals surface area (Å²) in [6.07, 6.45) is 5.93. The van der Waals surface area contributed by atoms with Gasteiger partial charge in [0.1, 0.15) is 5.52 Å². The molecule has 0 amide bonds. The highest BCUT2D eigenvalue weighted by Gasteiger charge is 2.18. The second-order valence-electron chi connectivity index (χ2n) is 5.88. The van der Waals surface area contributed by atoms with Crippen LogP contribution in [0.15, 0.2) is 22.6 Å². The van der Waals surface area contributed by atoms with Gasteiger partial charge < -0.3 is 9.73 Å². The van der Waals surface area contributed by atoms with Crippen LogP contribution >= 0.6 is 0 Å². The summed E-state index contributed by atoms with van der Waals surface area (Å²) >= 11 is 0. The summed E-state index contributed by atoms with van der Waals surface area (Å²) < 4.78 is 5.63. The number of non-ortho nitro benzene ring substituents is 1. The lowest BCUT2D eigenvalue weighted by atomic mass is 10.0. The Labute approximate surface area is 122 Å². The molecule has 112 valence electrons. The maximum absolute atomic E-state index is 10.8. The molecule has 6 nitrogen and oxygen atoms in total. The first-order valence-electron chi connectivity index (χ1n) is 7.43. The summed E-state index contributed by atoms with van der Waals surface area (Å²) in [7, 11) is 0. The smallest absolute Gasteiger partial charge is 0.295 e. The molecule has 1 saturated carbocycles. The molecular formula is C15H19N3O3. The van der Waals surface area contributed by atoms with E-state index in [2.05, 4.69) is 17.2 Å². The summed E-state index contributed by atoms with van der Waals surface area (Å²) in [6, 6.07) is 5.31. The molecule has 1 aromatic heterocycles. The maximum atomic E-state index is 10.8. The Bertz CT molecular complexity index is 653. The Hall–Kier alpha value is -2.11. The van der Waals surface area contributed by atoms with E-state index in [1.165, 1.54) is 31.4 Å². The minimum absolute atomic E-state index is 0.0330. The van der Waals surface area contributed by atoms with Crippen LogP contribution in [0, 0.1) is 16.0 Å². The predicted octanol–water partition coefficient (Wildman–Crippen LogP) is 4.12. The number of anilines is 1. The van der Waals surface area contributed by atoms with Crippen molar-refractivity contribution < 1.29 is 9.34 Å². The first kappa shape index (κ1) is 13.9. The monoisotopic (exact) mass is 289 g/mol. The van der Waals surface area contributed by atoms with Crippen molar-refractivity contribution in [3.8, 4) is 0 Å². The van der Waals surface area contributed by atoms with E-state index in [1.54, 1.807) is 6.07 Å². The molecule has 1 aliphatic rings. The molecular weight excluding hydrogens is 270 g/mol. The van der Waals surface area contributed by atoms with E-state index in [9.17, 15) is 10.1 Å². The number of nitro groups is 1. The molecule has 21 heavy (non-hydrogen) atoms. The molecule has 1 N–H and O–H groups in total. The number of nitrogens with one attached hydrogen (secondary N) is 1. The zero-order chi connectivity index (χ0) is 14.8. The van der Waals surface area contributed by atoms with E-state index in [0.717, 1.165) is 18.8 Å². The Morgan fingerprint density at radius 1 is 1.33 bits per heavy atom. The van der Waals surface area contributed by atoms with Crippen molar-refractivity contribution in [2.45, 2.75) is 45.1 Å². The highest BCUT2D eigenvalue weighted by atomic mass is 16.6. The standard InChI is InChI=1S/C15H19N3O3/c1-10-3-2-4-11(6-5-10)16-15-17-13-9-12(18(19)20)7-8-14(13)21-15/h7-11H,2-6H2,1H3,(H,16,17). The van der Waals surface area contributed by atoms with Gasteiger partial charge in [0.05, 0.1) is 4.92 Å². The van der Waals surface area contributed by atoms with E-state index >= 15 is 0 Å². The first-order valence-corrected chi connectivity index (χ1v) is 7.43. The Balaban J connectivity index is 1.76. The third kappa shape index (κ3) is 3.15. The summed E-state index contributed by atoms with van der Waals surface area (Å²) in [5.41, 5.74) is 1.13. The fourth-order valence-corrected chi connectivity index (χ4v) is 2.90. The molecule has 1 aliphatic carbocycles. The van der Waals surface area contributed by atoms with Crippen LogP contribution in [0.5, 0.6) is 0 Å².